The highest BCUT2D eigenvalue weighted by molar-refractivity contribution is 7.21. The molecule has 3 aromatic rings. The van der Waals surface area contributed by atoms with Gasteiger partial charge in [-0.25, -0.2) is 9.78 Å². The van der Waals surface area contributed by atoms with Gasteiger partial charge in [0.05, 0.1) is 13.7 Å². The van der Waals surface area contributed by atoms with Crippen LogP contribution in [0.2, 0.25) is 0 Å². The Hall–Kier alpha value is -2.64. The minimum absolute atomic E-state index is 0.269. The Bertz CT molecular complexity index is 952. The average molecular weight is 386 g/mol. The smallest absolute Gasteiger partial charge is 0.346 e. The number of fused-ring (bicyclic) bond motifs is 1. The molecule has 1 N–H and O–H groups in total. The van der Waals surface area contributed by atoms with Gasteiger partial charge in [0.15, 0.2) is 11.5 Å². The van der Waals surface area contributed by atoms with Crippen LogP contribution in [0, 0.1) is 0 Å². The van der Waals surface area contributed by atoms with Crippen LogP contribution in [-0.2, 0) is 0 Å². The van der Waals surface area contributed by atoms with E-state index < -0.39 is 5.97 Å². The van der Waals surface area contributed by atoms with Crippen LogP contribution in [0.1, 0.15) is 16.1 Å². The summed E-state index contributed by atoms with van der Waals surface area (Å²) < 4.78 is 11.3. The lowest BCUT2D eigenvalue weighted by Gasteiger charge is -2.14. The largest absolute Gasteiger partial charge is 0.493 e. The molecule has 3 rings (SSSR count). The molecule has 0 radical (unpaired) electrons. The van der Waals surface area contributed by atoms with E-state index in [-0.39, 0.29) is 4.88 Å². The number of pyridine rings is 1. The maximum atomic E-state index is 11.7. The van der Waals surface area contributed by atoms with Gasteiger partial charge in [-0.05, 0) is 50.3 Å². The quantitative estimate of drug-likeness (QED) is 0.590. The van der Waals surface area contributed by atoms with Crippen LogP contribution < -0.4 is 9.47 Å². The lowest BCUT2D eigenvalue weighted by atomic mass is 10.0. The predicted molar refractivity (Wildman–Crippen MR) is 107 cm³/mol. The lowest BCUT2D eigenvalue weighted by molar-refractivity contribution is 0.0703. The summed E-state index contributed by atoms with van der Waals surface area (Å²) in [4.78, 5) is 19.1. The highest BCUT2D eigenvalue weighted by Gasteiger charge is 2.21. The second kappa shape index (κ2) is 8.37. The van der Waals surface area contributed by atoms with Gasteiger partial charge in [-0.1, -0.05) is 6.07 Å². The Morgan fingerprint density at radius 1 is 1.26 bits per heavy atom. The maximum absolute atomic E-state index is 11.7. The van der Waals surface area contributed by atoms with Gasteiger partial charge in [-0.15, -0.1) is 11.3 Å². The highest BCUT2D eigenvalue weighted by atomic mass is 32.1. The molecule has 0 saturated carbocycles. The lowest BCUT2D eigenvalue weighted by Crippen LogP contribution is -2.15. The molecule has 0 aliphatic rings. The first-order valence-corrected chi connectivity index (χ1v) is 9.39. The topological polar surface area (TPSA) is 71.9 Å². The summed E-state index contributed by atoms with van der Waals surface area (Å²) in [5.41, 5.74) is 1.43. The number of carbonyl (C=O) groups is 1. The van der Waals surface area contributed by atoms with E-state index in [2.05, 4.69) is 9.88 Å². The van der Waals surface area contributed by atoms with E-state index in [1.54, 1.807) is 13.3 Å². The van der Waals surface area contributed by atoms with Crippen molar-refractivity contribution in [2.75, 3.05) is 34.4 Å². The summed E-state index contributed by atoms with van der Waals surface area (Å²) in [6.07, 6.45) is 2.57. The first-order valence-electron chi connectivity index (χ1n) is 8.58. The van der Waals surface area contributed by atoms with Crippen LogP contribution in [0.25, 0.3) is 21.3 Å². The Balaban J connectivity index is 1.95. The molecule has 0 bridgehead atoms. The van der Waals surface area contributed by atoms with Crippen molar-refractivity contribution in [1.82, 2.24) is 9.88 Å². The molecule has 7 heteroatoms. The molecule has 0 saturated heterocycles. The molecule has 27 heavy (non-hydrogen) atoms. The fourth-order valence-corrected chi connectivity index (χ4v) is 3.88. The molecule has 0 unspecified atom stereocenters. The van der Waals surface area contributed by atoms with Gasteiger partial charge in [-0.3, -0.25) is 0 Å². The predicted octanol–water partition coefficient (Wildman–Crippen LogP) is 4.00. The van der Waals surface area contributed by atoms with E-state index in [1.807, 2.05) is 44.4 Å². The molecule has 2 aromatic heterocycles. The summed E-state index contributed by atoms with van der Waals surface area (Å²) in [7, 11) is 5.63. The number of carboxylic acids is 1. The molecule has 0 atom stereocenters. The zero-order chi connectivity index (χ0) is 19.4. The van der Waals surface area contributed by atoms with Crippen molar-refractivity contribution in [3.05, 3.63) is 41.4 Å². The van der Waals surface area contributed by atoms with Gasteiger partial charge in [-0.2, -0.15) is 0 Å². The van der Waals surface area contributed by atoms with E-state index in [4.69, 9.17) is 9.47 Å². The minimum Gasteiger partial charge on any atom is -0.493 e. The van der Waals surface area contributed by atoms with Crippen molar-refractivity contribution in [3.8, 4) is 22.6 Å². The Kier molecular flexibility index (Phi) is 5.93. The first-order chi connectivity index (χ1) is 13.0. The van der Waals surface area contributed by atoms with Crippen molar-refractivity contribution in [2.24, 2.45) is 0 Å². The zero-order valence-corrected chi connectivity index (χ0v) is 16.4. The molecule has 0 spiro atoms. The third kappa shape index (κ3) is 4.20. The number of aromatic nitrogens is 1. The molecule has 0 aliphatic carbocycles. The second-order valence-corrected chi connectivity index (χ2v) is 7.34. The van der Waals surface area contributed by atoms with Gasteiger partial charge in [0, 0.05) is 23.7 Å². The highest BCUT2D eigenvalue weighted by Crippen LogP contribution is 2.41. The van der Waals surface area contributed by atoms with E-state index in [0.29, 0.717) is 28.5 Å². The molecule has 0 fully saturated rings. The Morgan fingerprint density at radius 2 is 2.07 bits per heavy atom. The van der Waals surface area contributed by atoms with Crippen LogP contribution in [0.4, 0.5) is 0 Å². The molecule has 0 aliphatic heterocycles. The number of nitrogens with zero attached hydrogens (tertiary/aromatic N) is 2. The molecule has 142 valence electrons. The number of hydrogen-bond acceptors (Lipinski definition) is 6. The third-order valence-corrected chi connectivity index (χ3v) is 5.22. The second-order valence-electron chi connectivity index (χ2n) is 6.34. The number of ether oxygens (including phenoxy) is 2. The summed E-state index contributed by atoms with van der Waals surface area (Å²) in [5, 5.41) is 10.4. The fourth-order valence-electron chi connectivity index (χ4n) is 2.87. The summed E-state index contributed by atoms with van der Waals surface area (Å²) in [5.74, 6) is 0.266. The normalized spacial score (nSPS) is 11.1. The zero-order valence-electron chi connectivity index (χ0n) is 15.6. The standard InChI is InChI=1S/C20H22N2O4S/c1-22(2)10-5-11-26-15-8-7-13(12-16(15)25-3)17-14-6-4-9-21-19(14)27-18(17)20(23)24/h4,6-9,12H,5,10-11H2,1-3H3,(H,23,24). The number of thiophene rings is 1. The van der Waals surface area contributed by atoms with E-state index >= 15 is 0 Å². The van der Waals surface area contributed by atoms with Crippen LogP contribution >= 0.6 is 11.3 Å². The number of rotatable bonds is 8. The van der Waals surface area contributed by atoms with E-state index in [1.165, 1.54) is 11.3 Å². The summed E-state index contributed by atoms with van der Waals surface area (Å²) >= 11 is 1.18. The monoisotopic (exact) mass is 386 g/mol. The maximum Gasteiger partial charge on any atom is 0.346 e. The third-order valence-electron chi connectivity index (χ3n) is 4.12. The van der Waals surface area contributed by atoms with Crippen molar-refractivity contribution in [1.29, 1.82) is 0 Å². The average Bonchev–Trinajstić information content (AvgIpc) is 3.05. The van der Waals surface area contributed by atoms with Crippen LogP contribution in [0.15, 0.2) is 36.5 Å². The molecule has 6 nitrogen and oxygen atoms in total. The number of carboxylic acid groups (broad SMARTS) is 1. The van der Waals surface area contributed by atoms with Crippen molar-refractivity contribution < 1.29 is 19.4 Å². The van der Waals surface area contributed by atoms with E-state index in [0.717, 1.165) is 23.9 Å². The van der Waals surface area contributed by atoms with Gasteiger partial charge in [0.1, 0.15) is 9.71 Å². The fraction of sp³-hybridized carbons (Fsp3) is 0.300. The van der Waals surface area contributed by atoms with Crippen LogP contribution in [-0.4, -0.2) is 55.3 Å². The Morgan fingerprint density at radius 3 is 2.78 bits per heavy atom. The van der Waals surface area contributed by atoms with Crippen LogP contribution in [0.3, 0.4) is 0 Å². The van der Waals surface area contributed by atoms with Crippen molar-refractivity contribution >= 4 is 27.5 Å². The number of aromatic carboxylic acids is 1. The molecule has 0 amide bonds. The number of methoxy groups -OCH3 is 1. The molecular formula is C20H22N2O4S. The minimum atomic E-state index is -0.962. The first kappa shape index (κ1) is 19.1. The van der Waals surface area contributed by atoms with E-state index in [9.17, 15) is 9.90 Å². The van der Waals surface area contributed by atoms with Gasteiger partial charge in [0.2, 0.25) is 0 Å². The van der Waals surface area contributed by atoms with Gasteiger partial charge >= 0.3 is 5.97 Å². The van der Waals surface area contributed by atoms with Crippen molar-refractivity contribution in [2.45, 2.75) is 6.42 Å². The number of benzene rings is 1. The van der Waals surface area contributed by atoms with Gasteiger partial charge < -0.3 is 19.5 Å². The molecular weight excluding hydrogens is 364 g/mol. The van der Waals surface area contributed by atoms with Crippen LogP contribution in [0.5, 0.6) is 11.5 Å². The SMILES string of the molecule is COc1cc(-c2c(C(=O)O)sc3ncccc23)ccc1OCCCN(C)C. The summed E-state index contributed by atoms with van der Waals surface area (Å²) in [6.45, 7) is 1.52. The summed E-state index contributed by atoms with van der Waals surface area (Å²) in [6, 6.07) is 9.21. The van der Waals surface area contributed by atoms with Gasteiger partial charge in [0.25, 0.3) is 0 Å². The molecule has 1 aromatic carbocycles. The van der Waals surface area contributed by atoms with Crippen molar-refractivity contribution in [3.63, 3.8) is 0 Å². The number of hydrogen-bond donors (Lipinski definition) is 1. The molecule has 2 heterocycles. The Labute approximate surface area is 162 Å².